The van der Waals surface area contributed by atoms with E-state index in [1.807, 2.05) is 6.07 Å². The van der Waals surface area contributed by atoms with Gasteiger partial charge in [0.05, 0.1) is 11.0 Å². The van der Waals surface area contributed by atoms with Crippen LogP contribution in [0.4, 0.5) is 5.95 Å². The first-order valence-electron chi connectivity index (χ1n) is 10.3. The van der Waals surface area contributed by atoms with Gasteiger partial charge in [0.15, 0.2) is 0 Å². The second-order valence-corrected chi connectivity index (χ2v) is 7.43. The molecule has 0 radical (unpaired) electrons. The second-order valence-electron chi connectivity index (χ2n) is 7.05. The molecule has 0 bridgehead atoms. The van der Waals surface area contributed by atoms with E-state index < -0.39 is 23.9 Å². The molecule has 3 rings (SSSR count). The Balaban J connectivity index is 0.000000320. The van der Waals surface area contributed by atoms with E-state index in [0.29, 0.717) is 30.2 Å². The molecular formula is C22H27ClN4O8. The van der Waals surface area contributed by atoms with Gasteiger partial charge >= 0.3 is 23.9 Å². The topological polar surface area (TPSA) is 174 Å². The number of carboxylic acid groups (broad SMARTS) is 4. The summed E-state index contributed by atoms with van der Waals surface area (Å²) in [6, 6.07) is 8.28. The number of carbonyl (C=O) groups is 4. The fraction of sp³-hybridized carbons (Fsp3) is 0.318. The van der Waals surface area contributed by atoms with Crippen molar-refractivity contribution in [2.45, 2.75) is 6.54 Å². The van der Waals surface area contributed by atoms with Crippen LogP contribution in [0, 0.1) is 0 Å². The average Bonchev–Trinajstić information content (AvgIpc) is 3.16. The van der Waals surface area contributed by atoms with Crippen LogP contribution in [0.25, 0.3) is 11.0 Å². The minimum atomic E-state index is -1.26. The number of hydrogen-bond acceptors (Lipinski definition) is 7. The zero-order chi connectivity index (χ0) is 26.4. The number of likely N-dealkylation sites (N-methyl/N-ethyl adjacent to an activating group) is 1. The van der Waals surface area contributed by atoms with E-state index in [1.165, 1.54) is 5.52 Å². The number of hydrogen-bond donors (Lipinski definition) is 4. The maximum atomic E-state index is 9.55. The highest BCUT2D eigenvalue weighted by molar-refractivity contribution is 6.17. The van der Waals surface area contributed by atoms with E-state index in [9.17, 15) is 19.2 Å². The predicted octanol–water partition coefficient (Wildman–Crippen LogP) is 1.45. The molecule has 0 unspecified atom stereocenters. The lowest BCUT2D eigenvalue weighted by Gasteiger charge is -2.33. The number of carboxylic acids is 4. The largest absolute Gasteiger partial charge is 0.478 e. The zero-order valence-electron chi connectivity index (χ0n) is 19.0. The van der Waals surface area contributed by atoms with Gasteiger partial charge in [-0.25, -0.2) is 24.2 Å². The van der Waals surface area contributed by atoms with Crippen molar-refractivity contribution < 1.29 is 39.6 Å². The molecule has 4 N–H and O–H groups in total. The Morgan fingerprint density at radius 2 is 1.31 bits per heavy atom. The molecule has 1 saturated heterocycles. The highest BCUT2D eigenvalue weighted by atomic mass is 35.5. The molecule has 190 valence electrons. The van der Waals surface area contributed by atoms with E-state index in [0.717, 1.165) is 44.2 Å². The van der Waals surface area contributed by atoms with Crippen LogP contribution >= 0.6 is 11.6 Å². The predicted molar refractivity (Wildman–Crippen MR) is 129 cm³/mol. The van der Waals surface area contributed by atoms with E-state index in [1.54, 1.807) is 0 Å². The molecule has 1 aromatic heterocycles. The van der Waals surface area contributed by atoms with Gasteiger partial charge in [0.25, 0.3) is 0 Å². The van der Waals surface area contributed by atoms with Crippen molar-refractivity contribution in [3.05, 3.63) is 48.6 Å². The van der Waals surface area contributed by atoms with Gasteiger partial charge in [0.2, 0.25) is 5.95 Å². The molecule has 35 heavy (non-hydrogen) atoms. The van der Waals surface area contributed by atoms with Crippen LogP contribution in [-0.4, -0.2) is 97.9 Å². The van der Waals surface area contributed by atoms with Crippen molar-refractivity contribution in [1.29, 1.82) is 0 Å². The van der Waals surface area contributed by atoms with E-state index >= 15 is 0 Å². The lowest BCUT2D eigenvalue weighted by atomic mass is 10.3. The first-order chi connectivity index (χ1) is 16.5. The molecule has 0 aliphatic carbocycles. The number of alkyl halides is 1. The minimum Gasteiger partial charge on any atom is -0.478 e. The van der Waals surface area contributed by atoms with Crippen molar-refractivity contribution in [3.8, 4) is 0 Å². The SMILES string of the molecule is CN1CCN(c2nc3ccccc3n2CCCl)CC1.O=C(O)/C=C\C(=O)O.O=C(O)/C=C\C(=O)O. The van der Waals surface area contributed by atoms with Crippen molar-refractivity contribution in [3.63, 3.8) is 0 Å². The Morgan fingerprint density at radius 1 is 0.857 bits per heavy atom. The Bertz CT molecular complexity index is 1010. The van der Waals surface area contributed by atoms with Crippen LogP contribution in [0.15, 0.2) is 48.6 Å². The van der Waals surface area contributed by atoms with Gasteiger partial charge in [-0.1, -0.05) is 12.1 Å². The smallest absolute Gasteiger partial charge is 0.328 e. The van der Waals surface area contributed by atoms with Gasteiger partial charge in [-0.2, -0.15) is 0 Å². The Kier molecular flexibility index (Phi) is 12.6. The molecule has 0 amide bonds. The van der Waals surface area contributed by atoms with Gasteiger partial charge < -0.3 is 34.8 Å². The molecule has 13 heteroatoms. The molecule has 2 heterocycles. The lowest BCUT2D eigenvalue weighted by molar-refractivity contribution is -0.134. The Morgan fingerprint density at radius 3 is 1.74 bits per heavy atom. The lowest BCUT2D eigenvalue weighted by Crippen LogP contribution is -2.45. The molecule has 1 fully saturated rings. The van der Waals surface area contributed by atoms with Crippen molar-refractivity contribution >= 4 is 52.5 Å². The number of anilines is 1. The molecule has 12 nitrogen and oxygen atoms in total. The second kappa shape index (κ2) is 15.1. The number of rotatable bonds is 7. The average molecular weight is 511 g/mol. The summed E-state index contributed by atoms with van der Waals surface area (Å²) in [5, 5.41) is 31.2. The molecule has 1 aliphatic rings. The van der Waals surface area contributed by atoms with Crippen LogP contribution < -0.4 is 4.90 Å². The number of para-hydroxylation sites is 2. The van der Waals surface area contributed by atoms with Crippen molar-refractivity contribution in [1.82, 2.24) is 14.5 Å². The van der Waals surface area contributed by atoms with E-state index in [-0.39, 0.29) is 0 Å². The monoisotopic (exact) mass is 510 g/mol. The first kappa shape index (κ1) is 29.1. The summed E-state index contributed by atoms with van der Waals surface area (Å²) in [5.41, 5.74) is 2.23. The molecule has 2 aromatic rings. The highest BCUT2D eigenvalue weighted by Gasteiger charge is 2.20. The summed E-state index contributed by atoms with van der Waals surface area (Å²) in [6.07, 6.45) is 2.23. The fourth-order valence-corrected chi connectivity index (χ4v) is 3.07. The number of nitrogens with zero attached hydrogens (tertiary/aromatic N) is 4. The summed E-state index contributed by atoms with van der Waals surface area (Å²) in [4.78, 5) is 47.7. The molecule has 0 saturated carbocycles. The van der Waals surface area contributed by atoms with Crippen LogP contribution in [0.3, 0.4) is 0 Å². The third-order valence-electron chi connectivity index (χ3n) is 4.47. The third kappa shape index (κ3) is 11.2. The van der Waals surface area contributed by atoms with Gasteiger partial charge in [0, 0.05) is 62.9 Å². The Labute approximate surface area is 205 Å². The van der Waals surface area contributed by atoms with Crippen LogP contribution in [0.1, 0.15) is 0 Å². The van der Waals surface area contributed by atoms with Crippen LogP contribution in [0.5, 0.6) is 0 Å². The molecule has 0 spiro atoms. The van der Waals surface area contributed by atoms with Gasteiger partial charge in [0.1, 0.15) is 0 Å². The van der Waals surface area contributed by atoms with E-state index in [4.69, 9.17) is 37.0 Å². The van der Waals surface area contributed by atoms with Gasteiger partial charge in [-0.3, -0.25) is 0 Å². The number of aromatic nitrogens is 2. The number of imidazole rings is 1. The number of halogens is 1. The molecular weight excluding hydrogens is 484 g/mol. The van der Waals surface area contributed by atoms with Crippen molar-refractivity contribution in [2.75, 3.05) is 44.0 Å². The molecule has 0 atom stereocenters. The minimum absolute atomic E-state index is 0.558. The standard InChI is InChI=1S/C14H19ClN4.2C4H4O4/c1-17-8-10-18(11-9-17)14-16-12-4-2-3-5-13(12)19(14)7-6-15;2*5-3(6)1-2-4(7)8/h2-5H,6-11H2,1H3;2*1-2H,(H,5,6)(H,7,8)/b;2*2-1-. The summed E-state index contributed by atoms with van der Waals surface area (Å²) in [5.74, 6) is -3.35. The number of aryl methyl sites for hydroxylation is 1. The summed E-state index contributed by atoms with van der Waals surface area (Å²) >= 11 is 5.95. The van der Waals surface area contributed by atoms with E-state index in [2.05, 4.69) is 39.6 Å². The number of piperazine rings is 1. The number of benzene rings is 1. The summed E-state index contributed by atoms with van der Waals surface area (Å²) < 4.78 is 2.24. The number of aliphatic carboxylic acids is 4. The third-order valence-corrected chi connectivity index (χ3v) is 4.63. The van der Waals surface area contributed by atoms with Crippen LogP contribution in [0.2, 0.25) is 0 Å². The Hall–Kier alpha value is -3.90. The highest BCUT2D eigenvalue weighted by Crippen LogP contribution is 2.23. The van der Waals surface area contributed by atoms with Gasteiger partial charge in [-0.05, 0) is 19.2 Å². The van der Waals surface area contributed by atoms with Crippen molar-refractivity contribution in [2.24, 2.45) is 0 Å². The maximum Gasteiger partial charge on any atom is 0.328 e. The molecule has 1 aromatic carbocycles. The summed E-state index contributed by atoms with van der Waals surface area (Å²) in [6.45, 7) is 5.04. The first-order valence-corrected chi connectivity index (χ1v) is 10.8. The normalized spacial score (nSPS) is 13.7. The molecule has 1 aliphatic heterocycles. The number of fused-ring (bicyclic) bond motifs is 1. The fourth-order valence-electron chi connectivity index (χ4n) is 2.90. The zero-order valence-corrected chi connectivity index (χ0v) is 19.7. The summed E-state index contributed by atoms with van der Waals surface area (Å²) in [7, 11) is 2.17. The quantitative estimate of drug-likeness (QED) is 0.313. The maximum absolute atomic E-state index is 9.55. The van der Waals surface area contributed by atoms with Crippen LogP contribution in [-0.2, 0) is 25.7 Å². The van der Waals surface area contributed by atoms with Gasteiger partial charge in [-0.15, -0.1) is 11.6 Å².